The Hall–Kier alpha value is -2.96. The van der Waals surface area contributed by atoms with Crippen LogP contribution >= 0.6 is 0 Å². The van der Waals surface area contributed by atoms with Crippen molar-refractivity contribution >= 4 is 23.5 Å². The van der Waals surface area contributed by atoms with Gasteiger partial charge in [-0.15, -0.1) is 0 Å². The van der Waals surface area contributed by atoms with E-state index in [0.717, 1.165) is 0 Å². The summed E-state index contributed by atoms with van der Waals surface area (Å²) in [6, 6.07) is 8.31. The van der Waals surface area contributed by atoms with Crippen LogP contribution in [0.2, 0.25) is 0 Å². The van der Waals surface area contributed by atoms with Gasteiger partial charge in [0.2, 0.25) is 0 Å². The number of Topliss-reactive ketones (excluding diaryl/α,β-unsaturated/α-hetero) is 2. The minimum Gasteiger partial charge on any atom is -0.458 e. The van der Waals surface area contributed by atoms with Gasteiger partial charge in [-0.25, -0.2) is 4.79 Å². The number of likely N-dealkylation sites (N-methyl/N-ethyl adjacent to an activating group) is 1. The third-order valence-electron chi connectivity index (χ3n) is 9.87. The zero-order chi connectivity index (χ0) is 36.1. The lowest BCUT2D eigenvalue weighted by Gasteiger charge is -2.47. The molecule has 0 spiro atoms. The number of esters is 2. The number of aliphatic hydroxyl groups is 1. The first kappa shape index (κ1) is 39.5. The molecule has 2 heterocycles. The van der Waals surface area contributed by atoms with Crippen molar-refractivity contribution < 1.29 is 48.0 Å². The number of hydrogen-bond acceptors (Lipinski definition) is 11. The van der Waals surface area contributed by atoms with Crippen molar-refractivity contribution in [2.75, 3.05) is 21.2 Å². The Labute approximate surface area is 285 Å². The fourth-order valence-electron chi connectivity index (χ4n) is 6.99. The minimum atomic E-state index is -1.65. The van der Waals surface area contributed by atoms with Crippen LogP contribution < -0.4 is 0 Å². The van der Waals surface area contributed by atoms with Gasteiger partial charge in [0.1, 0.15) is 17.6 Å². The molecule has 48 heavy (non-hydrogen) atoms. The van der Waals surface area contributed by atoms with Crippen molar-refractivity contribution in [3.63, 3.8) is 0 Å². The molecular formula is C37H55NO10. The van der Waals surface area contributed by atoms with Gasteiger partial charge in [-0.1, -0.05) is 39.0 Å². The summed E-state index contributed by atoms with van der Waals surface area (Å²) in [5.74, 6) is -4.87. The Morgan fingerprint density at radius 1 is 1.06 bits per heavy atom. The molecule has 0 unspecified atom stereocenters. The molecule has 1 N–H and O–H groups in total. The second-order valence-electron chi connectivity index (χ2n) is 14.2. The molecule has 0 radical (unpaired) electrons. The molecule has 0 aliphatic carbocycles. The highest BCUT2D eigenvalue weighted by atomic mass is 16.7. The van der Waals surface area contributed by atoms with E-state index < -0.39 is 71.3 Å². The molecule has 2 aliphatic heterocycles. The molecule has 0 bridgehead atoms. The molecule has 0 aromatic heterocycles. The zero-order valence-electron chi connectivity index (χ0n) is 30.4. The summed E-state index contributed by atoms with van der Waals surface area (Å²) in [6.07, 6.45) is -2.04. The number of methoxy groups -OCH3 is 1. The van der Waals surface area contributed by atoms with Crippen molar-refractivity contribution in [1.82, 2.24) is 4.90 Å². The summed E-state index contributed by atoms with van der Waals surface area (Å²) < 4.78 is 31.0. The van der Waals surface area contributed by atoms with Crippen LogP contribution in [0.4, 0.5) is 0 Å². The summed E-state index contributed by atoms with van der Waals surface area (Å²) in [5.41, 5.74) is -2.25. The lowest BCUT2D eigenvalue weighted by molar-refractivity contribution is -0.294. The summed E-state index contributed by atoms with van der Waals surface area (Å²) in [7, 11) is 5.24. The molecule has 268 valence electrons. The minimum absolute atomic E-state index is 0.127. The predicted molar refractivity (Wildman–Crippen MR) is 179 cm³/mol. The highest BCUT2D eigenvalue weighted by Gasteiger charge is 2.51. The maximum atomic E-state index is 14.1. The van der Waals surface area contributed by atoms with Gasteiger partial charge in [0.15, 0.2) is 24.0 Å². The summed E-state index contributed by atoms with van der Waals surface area (Å²) >= 11 is 0. The van der Waals surface area contributed by atoms with E-state index in [-0.39, 0.29) is 30.8 Å². The number of cyclic esters (lactones) is 1. The number of ether oxygens (including phenoxy) is 5. The number of nitrogens with zero attached hydrogens (tertiary/aromatic N) is 1. The average Bonchev–Trinajstić information content (AvgIpc) is 3.04. The van der Waals surface area contributed by atoms with E-state index in [0.29, 0.717) is 17.6 Å². The Bertz CT molecular complexity index is 1330. The molecular weight excluding hydrogens is 618 g/mol. The van der Waals surface area contributed by atoms with E-state index in [1.807, 2.05) is 25.9 Å². The van der Waals surface area contributed by atoms with E-state index in [2.05, 4.69) is 0 Å². The van der Waals surface area contributed by atoms with Gasteiger partial charge in [-0.05, 0) is 91.8 Å². The molecule has 3 rings (SSSR count). The first-order valence-corrected chi connectivity index (χ1v) is 16.9. The quantitative estimate of drug-likeness (QED) is 0.323. The molecule has 1 aromatic rings. The molecule has 0 amide bonds. The highest BCUT2D eigenvalue weighted by molar-refractivity contribution is 6.00. The summed E-state index contributed by atoms with van der Waals surface area (Å²) in [6.45, 7) is 13.4. The van der Waals surface area contributed by atoms with Gasteiger partial charge in [0, 0.05) is 18.9 Å². The van der Waals surface area contributed by atoms with Gasteiger partial charge in [-0.3, -0.25) is 14.4 Å². The van der Waals surface area contributed by atoms with E-state index in [1.54, 1.807) is 65.0 Å². The predicted octanol–water partition coefficient (Wildman–Crippen LogP) is 4.54. The average molecular weight is 674 g/mol. The highest BCUT2D eigenvalue weighted by Crippen LogP contribution is 2.38. The third-order valence-corrected chi connectivity index (χ3v) is 9.87. The molecule has 2 aliphatic rings. The van der Waals surface area contributed by atoms with Gasteiger partial charge >= 0.3 is 11.9 Å². The van der Waals surface area contributed by atoms with Crippen LogP contribution in [0.25, 0.3) is 0 Å². The Balaban J connectivity index is 2.12. The van der Waals surface area contributed by atoms with Gasteiger partial charge in [0.25, 0.3) is 0 Å². The number of ketones is 2. The SMILES string of the molecule is CC[C@H]1OC(=O)[C@H](C)C(=O)[C@H](C)[C@@H](O[C@@H]2O[C@H](C)C[C@H](N(C)C)[C@H]2OC(=O)c2ccccc2)[C@@](C)(OC)C[C@@H](C)C(=O)C(C)=C[C@]1(C)O. The molecule has 1 fully saturated rings. The first-order valence-electron chi connectivity index (χ1n) is 16.9. The number of allylic oxidation sites excluding steroid dienone is 1. The topological polar surface area (TPSA) is 138 Å². The second kappa shape index (κ2) is 16.2. The smallest absolute Gasteiger partial charge is 0.338 e. The summed E-state index contributed by atoms with van der Waals surface area (Å²) in [4.78, 5) is 56.5. The standard InChI is InChI=1S/C37H55NO10/c1-12-28-36(7,43)19-21(2)29(39)22(3)20-37(8,44-11)32(24(5)30(40)25(6)33(41)46-28)48-35-31(27(38(9)10)18-23(4)45-35)47-34(42)26-16-14-13-15-17-26/h13-17,19,22-25,27-28,31-32,35,43H,12,18,20H2,1-11H3/t22-,23-,24+,25-,27+,28-,31-,32-,35+,36+,37+/m1/s1. The fraction of sp³-hybridized carbons (Fsp3) is 0.676. The fourth-order valence-corrected chi connectivity index (χ4v) is 6.99. The number of rotatable bonds is 7. The van der Waals surface area contributed by atoms with E-state index in [9.17, 15) is 24.3 Å². The van der Waals surface area contributed by atoms with Crippen molar-refractivity contribution in [3.05, 3.63) is 47.5 Å². The largest absolute Gasteiger partial charge is 0.458 e. The van der Waals surface area contributed by atoms with Crippen molar-refractivity contribution in [3.8, 4) is 0 Å². The maximum Gasteiger partial charge on any atom is 0.338 e. The lowest BCUT2D eigenvalue weighted by Crippen LogP contribution is -2.60. The van der Waals surface area contributed by atoms with Crippen LogP contribution in [0, 0.1) is 17.8 Å². The Kier molecular flexibility index (Phi) is 13.3. The monoisotopic (exact) mass is 673 g/mol. The molecule has 11 atom stereocenters. The van der Waals surface area contributed by atoms with Crippen molar-refractivity contribution in [2.24, 2.45) is 17.8 Å². The number of benzene rings is 1. The van der Waals surface area contributed by atoms with Gasteiger partial charge in [-0.2, -0.15) is 0 Å². The van der Waals surface area contributed by atoms with E-state index >= 15 is 0 Å². The molecule has 11 nitrogen and oxygen atoms in total. The van der Waals surface area contributed by atoms with E-state index in [4.69, 9.17) is 23.7 Å². The van der Waals surface area contributed by atoms with Crippen molar-refractivity contribution in [1.29, 1.82) is 0 Å². The summed E-state index contributed by atoms with van der Waals surface area (Å²) in [5, 5.41) is 11.3. The molecule has 1 aromatic carbocycles. The van der Waals surface area contributed by atoms with E-state index in [1.165, 1.54) is 27.0 Å². The van der Waals surface area contributed by atoms with Crippen LogP contribution in [0.15, 0.2) is 42.0 Å². The van der Waals surface area contributed by atoms with Crippen LogP contribution in [0.5, 0.6) is 0 Å². The number of carbonyl (C=O) groups is 4. The normalized spacial score (nSPS) is 37.4. The van der Waals surface area contributed by atoms with Crippen LogP contribution in [0.3, 0.4) is 0 Å². The second-order valence-corrected chi connectivity index (χ2v) is 14.2. The first-order chi connectivity index (χ1) is 22.4. The van der Waals surface area contributed by atoms with Crippen LogP contribution in [-0.2, 0) is 38.1 Å². The number of hydrogen-bond donors (Lipinski definition) is 1. The van der Waals surface area contributed by atoms with Crippen molar-refractivity contribution in [2.45, 2.75) is 123 Å². The third kappa shape index (κ3) is 8.98. The Morgan fingerprint density at radius 2 is 1.69 bits per heavy atom. The lowest BCUT2D eigenvalue weighted by atomic mass is 9.77. The molecule has 1 saturated heterocycles. The molecule has 11 heteroatoms. The number of carbonyl (C=O) groups excluding carboxylic acids is 4. The van der Waals surface area contributed by atoms with Gasteiger partial charge in [0.05, 0.1) is 29.4 Å². The Morgan fingerprint density at radius 3 is 2.25 bits per heavy atom. The van der Waals surface area contributed by atoms with Crippen LogP contribution in [0.1, 0.15) is 85.0 Å². The van der Waals surface area contributed by atoms with Crippen LogP contribution in [-0.4, -0.2) is 103 Å². The zero-order valence-corrected chi connectivity index (χ0v) is 30.4. The maximum absolute atomic E-state index is 14.1. The molecule has 0 saturated carbocycles. The van der Waals surface area contributed by atoms with Gasteiger partial charge < -0.3 is 33.7 Å².